The van der Waals surface area contributed by atoms with Crippen molar-refractivity contribution in [3.05, 3.63) is 33.8 Å². The van der Waals surface area contributed by atoms with Crippen LogP contribution in [0.5, 0.6) is 0 Å². The van der Waals surface area contributed by atoms with E-state index in [-0.39, 0.29) is 0 Å². The summed E-state index contributed by atoms with van der Waals surface area (Å²) in [6, 6.07) is 6.81. The second kappa shape index (κ2) is 3.62. The molecule has 1 atom stereocenters. The highest BCUT2D eigenvalue weighted by Gasteiger charge is 2.17. The molecular weight excluding hydrogens is 226 g/mol. The second-order valence-corrected chi connectivity index (χ2v) is 4.27. The number of hydrogen-bond acceptors (Lipinski definition) is 1. The lowest BCUT2D eigenvalue weighted by Crippen LogP contribution is -1.91. The van der Waals surface area contributed by atoms with Gasteiger partial charge in [0.05, 0.1) is 6.04 Å². The van der Waals surface area contributed by atoms with E-state index in [1.165, 1.54) is 17.5 Å². The van der Waals surface area contributed by atoms with E-state index in [4.69, 9.17) is 0 Å². The molecule has 68 valence electrons. The quantitative estimate of drug-likeness (QED) is 0.744. The third-order valence-corrected chi connectivity index (χ3v) is 2.86. The smallest absolute Gasteiger partial charge is 0.0755 e. The molecule has 0 spiro atoms. The molecule has 0 radical (unpaired) electrons. The molecule has 1 nitrogen and oxygen atoms in total. The zero-order valence-electron chi connectivity index (χ0n) is 7.63. The maximum atomic E-state index is 4.49. The van der Waals surface area contributed by atoms with Gasteiger partial charge in [-0.25, -0.2) is 0 Å². The van der Waals surface area contributed by atoms with Crippen molar-refractivity contribution in [1.82, 2.24) is 0 Å². The van der Waals surface area contributed by atoms with Gasteiger partial charge in [-0.15, -0.1) is 0 Å². The van der Waals surface area contributed by atoms with Gasteiger partial charge >= 0.3 is 0 Å². The highest BCUT2D eigenvalue weighted by atomic mass is 79.9. The number of aliphatic imine (C=N–C) groups is 1. The van der Waals surface area contributed by atoms with Crippen LogP contribution in [0.25, 0.3) is 0 Å². The Morgan fingerprint density at radius 3 is 3.08 bits per heavy atom. The summed E-state index contributed by atoms with van der Waals surface area (Å²) in [4.78, 5) is 4.49. The van der Waals surface area contributed by atoms with Gasteiger partial charge in [-0.2, -0.15) is 0 Å². The second-order valence-electron chi connectivity index (χ2n) is 3.36. The minimum Gasteiger partial charge on any atom is -0.284 e. The van der Waals surface area contributed by atoms with E-state index in [2.05, 4.69) is 46.0 Å². The standard InChI is InChI=1S/C11H12BrN/c1-2-3-11-10-5-4-9(12)6-8(10)7-13-11/h4-7,11H,2-3H2,1H3. The molecule has 1 aliphatic rings. The van der Waals surface area contributed by atoms with Crippen molar-refractivity contribution in [2.45, 2.75) is 25.8 Å². The molecule has 2 rings (SSSR count). The summed E-state index contributed by atoms with van der Waals surface area (Å²) in [6.45, 7) is 2.20. The average Bonchev–Trinajstić information content (AvgIpc) is 2.49. The lowest BCUT2D eigenvalue weighted by Gasteiger charge is -2.07. The van der Waals surface area contributed by atoms with Crippen molar-refractivity contribution in [1.29, 1.82) is 0 Å². The van der Waals surface area contributed by atoms with Crippen molar-refractivity contribution in [2.75, 3.05) is 0 Å². The maximum absolute atomic E-state index is 4.49. The molecule has 1 aliphatic heterocycles. The van der Waals surface area contributed by atoms with Gasteiger partial charge in [-0.05, 0) is 29.7 Å². The Hall–Kier alpha value is -0.630. The Morgan fingerprint density at radius 2 is 2.31 bits per heavy atom. The SMILES string of the molecule is CCCC1N=Cc2cc(Br)ccc21. The topological polar surface area (TPSA) is 12.4 Å². The number of halogens is 1. The monoisotopic (exact) mass is 237 g/mol. The number of rotatable bonds is 2. The van der Waals surface area contributed by atoms with E-state index in [0.717, 1.165) is 10.9 Å². The van der Waals surface area contributed by atoms with Crippen molar-refractivity contribution in [2.24, 2.45) is 4.99 Å². The van der Waals surface area contributed by atoms with E-state index < -0.39 is 0 Å². The summed E-state index contributed by atoms with van der Waals surface area (Å²) in [6.07, 6.45) is 4.34. The molecule has 13 heavy (non-hydrogen) atoms. The van der Waals surface area contributed by atoms with Crippen LogP contribution in [-0.4, -0.2) is 6.21 Å². The number of fused-ring (bicyclic) bond motifs is 1. The molecule has 1 heterocycles. The van der Waals surface area contributed by atoms with Crippen LogP contribution in [0.1, 0.15) is 36.9 Å². The van der Waals surface area contributed by atoms with Crippen LogP contribution in [0.15, 0.2) is 27.7 Å². The molecule has 0 aromatic heterocycles. The molecule has 1 aromatic carbocycles. The molecule has 0 N–H and O–H groups in total. The predicted octanol–water partition coefficient (Wildman–Crippen LogP) is 3.72. The van der Waals surface area contributed by atoms with Gasteiger partial charge < -0.3 is 0 Å². The highest BCUT2D eigenvalue weighted by molar-refractivity contribution is 9.10. The molecule has 0 aliphatic carbocycles. The van der Waals surface area contributed by atoms with Gasteiger partial charge in [-0.3, -0.25) is 4.99 Å². The Morgan fingerprint density at radius 1 is 1.46 bits per heavy atom. The van der Waals surface area contributed by atoms with Crippen molar-refractivity contribution in [3.8, 4) is 0 Å². The van der Waals surface area contributed by atoms with Crippen LogP contribution in [0, 0.1) is 0 Å². The van der Waals surface area contributed by atoms with E-state index in [0.29, 0.717) is 6.04 Å². The molecule has 1 aromatic rings. The van der Waals surface area contributed by atoms with Gasteiger partial charge in [-0.1, -0.05) is 35.3 Å². The molecule has 0 bridgehead atoms. The third-order valence-electron chi connectivity index (χ3n) is 2.36. The molecular formula is C11H12BrN. The van der Waals surface area contributed by atoms with Crippen molar-refractivity contribution in [3.63, 3.8) is 0 Å². The number of benzene rings is 1. The summed E-state index contributed by atoms with van der Waals surface area (Å²) in [5.74, 6) is 0. The average molecular weight is 238 g/mol. The van der Waals surface area contributed by atoms with Crippen LogP contribution < -0.4 is 0 Å². The third kappa shape index (κ3) is 1.68. The van der Waals surface area contributed by atoms with Gasteiger partial charge in [0.25, 0.3) is 0 Å². The summed E-state index contributed by atoms with van der Waals surface area (Å²) in [5.41, 5.74) is 2.65. The first-order chi connectivity index (χ1) is 6.31. The fourth-order valence-electron chi connectivity index (χ4n) is 1.71. The van der Waals surface area contributed by atoms with Crippen molar-refractivity contribution >= 4 is 22.1 Å². The fraction of sp³-hybridized carbons (Fsp3) is 0.364. The molecule has 0 saturated carbocycles. The predicted molar refractivity (Wildman–Crippen MR) is 59.4 cm³/mol. The Bertz CT molecular complexity index is 344. The molecule has 0 amide bonds. The Kier molecular flexibility index (Phi) is 2.49. The molecule has 2 heteroatoms. The van der Waals surface area contributed by atoms with Crippen LogP contribution in [0.2, 0.25) is 0 Å². The zero-order chi connectivity index (χ0) is 9.26. The van der Waals surface area contributed by atoms with Crippen LogP contribution in [0.4, 0.5) is 0 Å². The summed E-state index contributed by atoms with van der Waals surface area (Å²) in [7, 11) is 0. The maximum Gasteiger partial charge on any atom is 0.0755 e. The minimum absolute atomic E-state index is 0.410. The number of nitrogens with zero attached hydrogens (tertiary/aromatic N) is 1. The normalized spacial score (nSPS) is 19.1. The van der Waals surface area contributed by atoms with Crippen LogP contribution >= 0.6 is 15.9 Å². The Labute approximate surface area is 87.0 Å². The van der Waals surface area contributed by atoms with E-state index in [1.54, 1.807) is 0 Å². The summed E-state index contributed by atoms with van der Waals surface area (Å²) >= 11 is 3.46. The van der Waals surface area contributed by atoms with Crippen LogP contribution in [0.3, 0.4) is 0 Å². The largest absolute Gasteiger partial charge is 0.284 e. The fourth-order valence-corrected chi connectivity index (χ4v) is 2.09. The molecule has 0 fully saturated rings. The van der Waals surface area contributed by atoms with E-state index >= 15 is 0 Å². The van der Waals surface area contributed by atoms with E-state index in [9.17, 15) is 0 Å². The molecule has 0 saturated heterocycles. The van der Waals surface area contributed by atoms with Gasteiger partial charge in [0, 0.05) is 10.7 Å². The van der Waals surface area contributed by atoms with Gasteiger partial charge in [0.2, 0.25) is 0 Å². The van der Waals surface area contributed by atoms with Crippen molar-refractivity contribution < 1.29 is 0 Å². The first kappa shape index (κ1) is 8.95. The lowest BCUT2D eigenvalue weighted by atomic mass is 10.0. The number of hydrogen-bond donors (Lipinski definition) is 0. The van der Waals surface area contributed by atoms with Crippen LogP contribution in [-0.2, 0) is 0 Å². The summed E-state index contributed by atoms with van der Waals surface area (Å²) in [5, 5.41) is 0. The minimum atomic E-state index is 0.410. The van der Waals surface area contributed by atoms with E-state index in [1.807, 2.05) is 6.21 Å². The van der Waals surface area contributed by atoms with Gasteiger partial charge in [0.15, 0.2) is 0 Å². The zero-order valence-corrected chi connectivity index (χ0v) is 9.21. The van der Waals surface area contributed by atoms with Gasteiger partial charge in [0.1, 0.15) is 0 Å². The first-order valence-corrected chi connectivity index (χ1v) is 5.43. The highest BCUT2D eigenvalue weighted by Crippen LogP contribution is 2.31. The Balaban J connectivity index is 2.32. The lowest BCUT2D eigenvalue weighted by molar-refractivity contribution is 0.652. The molecule has 1 unspecified atom stereocenters. The first-order valence-electron chi connectivity index (χ1n) is 4.64. The summed E-state index contributed by atoms with van der Waals surface area (Å²) < 4.78 is 1.13.